The van der Waals surface area contributed by atoms with Gasteiger partial charge in [-0.15, -0.1) is 0 Å². The van der Waals surface area contributed by atoms with E-state index in [1.165, 1.54) is 48.3 Å². The van der Waals surface area contributed by atoms with Crippen LogP contribution in [0.15, 0.2) is 71.1 Å². The highest BCUT2D eigenvalue weighted by Crippen LogP contribution is 2.29. The number of carbonyl (C=O) groups excluding carboxylic acids is 6. The van der Waals surface area contributed by atoms with E-state index >= 15 is 0 Å². The Morgan fingerprint density at radius 1 is 0.652 bits per heavy atom. The number of esters is 2. The molecule has 3 rings (SSSR count). The average molecular weight is 643 g/mol. The number of benzene rings is 2. The van der Waals surface area contributed by atoms with Crippen LogP contribution in [0.3, 0.4) is 0 Å². The summed E-state index contributed by atoms with van der Waals surface area (Å²) in [6, 6.07) is 11.7. The second kappa shape index (κ2) is 19.3. The molecule has 0 aromatic heterocycles. The van der Waals surface area contributed by atoms with E-state index in [-0.39, 0.29) is 58.0 Å². The topological polar surface area (TPSA) is 216 Å². The minimum atomic E-state index is -0.746. The van der Waals surface area contributed by atoms with E-state index in [9.17, 15) is 39.0 Å². The van der Waals surface area contributed by atoms with Crippen molar-refractivity contribution in [2.24, 2.45) is 0 Å². The lowest BCUT2D eigenvalue weighted by atomic mass is 9.93. The summed E-state index contributed by atoms with van der Waals surface area (Å²) < 4.78 is 9.67. The molecular formula is C30H38N6O10. The van der Waals surface area contributed by atoms with Gasteiger partial charge in [-0.3, -0.25) is 30.0 Å². The van der Waals surface area contributed by atoms with Gasteiger partial charge in [-0.1, -0.05) is 24.3 Å². The van der Waals surface area contributed by atoms with Gasteiger partial charge in [-0.05, 0) is 24.3 Å². The van der Waals surface area contributed by atoms with Crippen molar-refractivity contribution in [2.45, 2.75) is 12.8 Å². The molecule has 0 saturated heterocycles. The third-order valence-corrected chi connectivity index (χ3v) is 5.67. The predicted molar refractivity (Wildman–Crippen MR) is 164 cm³/mol. The Kier molecular flexibility index (Phi) is 15.9. The van der Waals surface area contributed by atoms with Gasteiger partial charge in [0.15, 0.2) is 0 Å². The third kappa shape index (κ3) is 11.9. The Labute approximate surface area is 265 Å². The number of phenolic OH excluding ortho intramolecular Hbond substituents is 2. The number of aromatic hydroxyl groups is 2. The van der Waals surface area contributed by atoms with E-state index in [0.717, 1.165) is 12.8 Å². The monoisotopic (exact) mass is 642 g/mol. The molecule has 2 aromatic rings. The predicted octanol–water partition coefficient (Wildman–Crippen LogP) is 0.324. The fourth-order valence-corrected chi connectivity index (χ4v) is 3.39. The number of carbonyl (C=O) groups is 6. The molecule has 0 bridgehead atoms. The van der Waals surface area contributed by atoms with Crippen molar-refractivity contribution in [2.75, 3.05) is 42.4 Å². The number of hydrazine groups is 2. The first kappa shape index (κ1) is 38.0. The molecule has 248 valence electrons. The van der Waals surface area contributed by atoms with Crippen molar-refractivity contribution in [1.82, 2.24) is 31.5 Å². The molecule has 0 atom stereocenters. The summed E-state index contributed by atoms with van der Waals surface area (Å²) in [6.45, 7) is 0. The Balaban J connectivity index is 0.000000919. The molecule has 2 aromatic carbocycles. The summed E-state index contributed by atoms with van der Waals surface area (Å²) in [7, 11) is 9.08. The fraction of sp³-hybridized carbons (Fsp3) is 0.267. The average Bonchev–Trinajstić information content (AvgIpc) is 3.06. The van der Waals surface area contributed by atoms with Gasteiger partial charge < -0.3 is 40.3 Å². The number of allylic oxidation sites excluding steroid dienone is 2. The van der Waals surface area contributed by atoms with E-state index in [1.54, 1.807) is 52.5 Å². The zero-order valence-corrected chi connectivity index (χ0v) is 26.2. The molecule has 1 aliphatic rings. The number of hydrogen-bond acceptors (Lipinski definition) is 12. The molecule has 0 aliphatic heterocycles. The van der Waals surface area contributed by atoms with Crippen molar-refractivity contribution in [3.63, 3.8) is 0 Å². The molecule has 0 saturated carbocycles. The van der Waals surface area contributed by atoms with Gasteiger partial charge in [0.05, 0.1) is 36.5 Å². The molecule has 16 nitrogen and oxygen atoms in total. The van der Waals surface area contributed by atoms with Crippen molar-refractivity contribution in [3.8, 4) is 11.5 Å². The van der Waals surface area contributed by atoms with Crippen LogP contribution in [-0.4, -0.2) is 99.0 Å². The van der Waals surface area contributed by atoms with Crippen LogP contribution in [0.4, 0.5) is 0 Å². The molecular weight excluding hydrogens is 604 g/mol. The molecule has 0 fully saturated rings. The van der Waals surface area contributed by atoms with Crippen LogP contribution in [-0.2, 0) is 28.7 Å². The van der Waals surface area contributed by atoms with Crippen LogP contribution in [0.1, 0.15) is 33.6 Å². The summed E-state index contributed by atoms with van der Waals surface area (Å²) >= 11 is 0. The lowest BCUT2D eigenvalue weighted by molar-refractivity contribution is -0.137. The van der Waals surface area contributed by atoms with Gasteiger partial charge in [-0.25, -0.2) is 9.59 Å². The van der Waals surface area contributed by atoms with E-state index < -0.39 is 23.8 Å². The number of nitrogens with one attached hydrogen (secondary N) is 4. The number of methoxy groups -OCH3 is 2. The zero-order chi connectivity index (χ0) is 34.8. The molecule has 1 aliphatic carbocycles. The number of amides is 4. The van der Waals surface area contributed by atoms with Crippen LogP contribution < -0.4 is 21.7 Å². The lowest BCUT2D eigenvalue weighted by Crippen LogP contribution is -2.42. The summed E-state index contributed by atoms with van der Waals surface area (Å²) in [6.07, 6.45) is 1.10. The first-order valence-corrected chi connectivity index (χ1v) is 13.3. The van der Waals surface area contributed by atoms with Crippen molar-refractivity contribution in [1.29, 1.82) is 0 Å². The number of ether oxygens (including phenoxy) is 2. The lowest BCUT2D eigenvalue weighted by Gasteiger charge is -2.25. The quantitative estimate of drug-likeness (QED) is 0.117. The number of hydrogen-bond donors (Lipinski definition) is 6. The molecule has 0 unspecified atom stereocenters. The van der Waals surface area contributed by atoms with Gasteiger partial charge in [0, 0.05) is 52.4 Å². The van der Waals surface area contributed by atoms with E-state index in [4.69, 9.17) is 9.47 Å². The zero-order valence-electron chi connectivity index (χ0n) is 26.2. The summed E-state index contributed by atoms with van der Waals surface area (Å²) in [5.74, 6) is -3.36. The fourth-order valence-electron chi connectivity index (χ4n) is 3.39. The summed E-state index contributed by atoms with van der Waals surface area (Å²) in [5.41, 5.74) is 10.4. The van der Waals surface area contributed by atoms with Crippen LogP contribution in [0, 0.1) is 0 Å². The second-order valence-electron chi connectivity index (χ2n) is 9.58. The molecule has 0 heterocycles. The Morgan fingerprint density at radius 3 is 1.22 bits per heavy atom. The maximum absolute atomic E-state index is 12.5. The number of nitrogens with zero attached hydrogens (tertiary/aromatic N) is 2. The molecule has 16 heteroatoms. The minimum absolute atomic E-state index is 0.0148. The number of para-hydroxylation sites is 2. The van der Waals surface area contributed by atoms with Gasteiger partial charge in [-0.2, -0.15) is 0 Å². The van der Waals surface area contributed by atoms with Gasteiger partial charge in [0.2, 0.25) is 12.8 Å². The summed E-state index contributed by atoms with van der Waals surface area (Å²) in [4.78, 5) is 71.7. The van der Waals surface area contributed by atoms with E-state index in [1.807, 2.05) is 0 Å². The maximum atomic E-state index is 12.5. The Hall–Kier alpha value is -6.06. The molecule has 0 spiro atoms. The van der Waals surface area contributed by atoms with Crippen LogP contribution in [0.25, 0.3) is 0 Å². The highest BCUT2D eigenvalue weighted by molar-refractivity contribution is 5.98. The molecule has 6 N–H and O–H groups in total. The normalized spacial score (nSPS) is 11.6. The standard InChI is InChI=1S/C24H24N4O8.2C3H7NO/c1-35-23(33)15-11-18(26-28-22(32)14-8-4-6-10-20(14)30)16(24(34)36-2)12-17(15)25-27-21(31)13-7-3-5-9-19(13)29;2*1-4(2)3-5/h3-10,25-26,29-30H,11-12H2,1-2H3,(H,27,31)(H,28,32);2*3H,1-2H3. The smallest absolute Gasteiger partial charge is 0.335 e. The SMILES string of the molecule is CN(C)C=O.CN(C)C=O.COC(=O)C1=C(NNC(=O)c2ccccc2O)CC(C(=O)OC)=C(NNC(=O)c2ccccc2O)C1. The Morgan fingerprint density at radius 2 is 0.957 bits per heavy atom. The largest absolute Gasteiger partial charge is 0.507 e. The molecule has 46 heavy (non-hydrogen) atoms. The number of phenols is 2. The van der Waals surface area contributed by atoms with Crippen molar-refractivity contribution >= 4 is 36.6 Å². The maximum Gasteiger partial charge on any atom is 0.335 e. The first-order valence-electron chi connectivity index (χ1n) is 13.3. The molecule has 0 radical (unpaired) electrons. The van der Waals surface area contributed by atoms with Gasteiger partial charge >= 0.3 is 11.9 Å². The highest BCUT2D eigenvalue weighted by Gasteiger charge is 2.30. The summed E-state index contributed by atoms with van der Waals surface area (Å²) in [5, 5.41) is 19.8. The second-order valence-corrected chi connectivity index (χ2v) is 9.58. The third-order valence-electron chi connectivity index (χ3n) is 5.67. The number of rotatable bonds is 10. The van der Waals surface area contributed by atoms with Gasteiger partial charge in [0.1, 0.15) is 11.5 Å². The Bertz CT molecular complexity index is 1360. The molecule has 4 amide bonds. The van der Waals surface area contributed by atoms with Crippen LogP contribution in [0.5, 0.6) is 11.5 Å². The van der Waals surface area contributed by atoms with E-state index in [2.05, 4.69) is 21.7 Å². The first-order chi connectivity index (χ1) is 21.8. The van der Waals surface area contributed by atoms with E-state index in [0.29, 0.717) is 0 Å². The van der Waals surface area contributed by atoms with Gasteiger partial charge in [0.25, 0.3) is 11.8 Å². The van der Waals surface area contributed by atoms with Crippen LogP contribution >= 0.6 is 0 Å². The van der Waals surface area contributed by atoms with Crippen molar-refractivity contribution < 1.29 is 48.5 Å². The minimum Gasteiger partial charge on any atom is -0.507 e. The highest BCUT2D eigenvalue weighted by atomic mass is 16.5. The van der Waals surface area contributed by atoms with Crippen LogP contribution in [0.2, 0.25) is 0 Å². The van der Waals surface area contributed by atoms with Crippen molar-refractivity contribution in [3.05, 3.63) is 82.2 Å².